The van der Waals surface area contributed by atoms with Crippen molar-refractivity contribution in [1.29, 1.82) is 0 Å². The summed E-state index contributed by atoms with van der Waals surface area (Å²) in [4.78, 5) is 12.0. The average Bonchev–Trinajstić information content (AvgIpc) is 2.87. The van der Waals surface area contributed by atoms with Gasteiger partial charge in [0.25, 0.3) is 5.56 Å². The minimum atomic E-state index is -4.43. The van der Waals surface area contributed by atoms with E-state index in [1.165, 1.54) is 12.1 Å². The molecule has 2 heterocycles. The third-order valence-corrected chi connectivity index (χ3v) is 3.18. The van der Waals surface area contributed by atoms with Crippen LogP contribution in [0.1, 0.15) is 26.3 Å². The SMILES string of the molecule is CC(C)(C)n1cc(CNc2cccn(CC(F)(F)F)c2=O)cn1. The number of halogens is 3. The van der Waals surface area contributed by atoms with E-state index in [1.54, 1.807) is 10.9 Å². The predicted octanol–water partition coefficient (Wildman–Crippen LogP) is 2.97. The highest BCUT2D eigenvalue weighted by molar-refractivity contribution is 5.40. The third-order valence-electron chi connectivity index (χ3n) is 3.18. The molecule has 0 aliphatic heterocycles. The number of anilines is 1. The smallest absolute Gasteiger partial charge is 0.376 e. The van der Waals surface area contributed by atoms with E-state index in [0.29, 0.717) is 11.1 Å². The molecule has 2 aromatic rings. The normalized spacial score (nSPS) is 12.4. The Balaban J connectivity index is 2.11. The summed E-state index contributed by atoms with van der Waals surface area (Å²) in [5.41, 5.74) is 0.101. The lowest BCUT2D eigenvalue weighted by molar-refractivity contribution is -0.141. The number of alkyl halides is 3. The molecule has 0 bridgehead atoms. The van der Waals surface area contributed by atoms with Gasteiger partial charge in [0.15, 0.2) is 0 Å². The van der Waals surface area contributed by atoms with Crippen LogP contribution < -0.4 is 10.9 Å². The van der Waals surface area contributed by atoms with E-state index in [4.69, 9.17) is 0 Å². The van der Waals surface area contributed by atoms with Gasteiger partial charge in [0.1, 0.15) is 12.2 Å². The van der Waals surface area contributed by atoms with Crippen LogP contribution in [0.2, 0.25) is 0 Å². The maximum absolute atomic E-state index is 12.4. The summed E-state index contributed by atoms with van der Waals surface area (Å²) >= 11 is 0. The second-order valence-electron chi connectivity index (χ2n) is 6.29. The Morgan fingerprint density at radius 2 is 1.96 bits per heavy atom. The molecule has 0 radical (unpaired) electrons. The fourth-order valence-electron chi connectivity index (χ4n) is 2.00. The summed E-state index contributed by atoms with van der Waals surface area (Å²) in [6.07, 6.45) is 0.189. The minimum absolute atomic E-state index is 0.125. The quantitative estimate of drug-likeness (QED) is 0.939. The lowest BCUT2D eigenvalue weighted by Gasteiger charge is -2.18. The van der Waals surface area contributed by atoms with Gasteiger partial charge in [-0.25, -0.2) is 0 Å². The molecule has 0 atom stereocenters. The second kappa shape index (κ2) is 6.10. The van der Waals surface area contributed by atoms with Crippen molar-refractivity contribution in [3.05, 3.63) is 46.6 Å². The molecule has 0 unspecified atom stereocenters. The van der Waals surface area contributed by atoms with E-state index < -0.39 is 18.3 Å². The lowest BCUT2D eigenvalue weighted by atomic mass is 10.1. The molecule has 0 spiro atoms. The zero-order valence-corrected chi connectivity index (χ0v) is 13.2. The van der Waals surface area contributed by atoms with E-state index in [9.17, 15) is 18.0 Å². The lowest BCUT2D eigenvalue weighted by Crippen LogP contribution is -2.29. The first kappa shape index (κ1) is 17.1. The van der Waals surface area contributed by atoms with Gasteiger partial charge in [-0.2, -0.15) is 18.3 Å². The van der Waals surface area contributed by atoms with Crippen LogP contribution in [0, 0.1) is 0 Å². The molecule has 0 saturated heterocycles. The van der Waals surface area contributed by atoms with Crippen molar-refractivity contribution in [1.82, 2.24) is 14.3 Å². The van der Waals surface area contributed by atoms with Crippen molar-refractivity contribution in [2.45, 2.75) is 45.6 Å². The maximum Gasteiger partial charge on any atom is 0.406 e. The van der Waals surface area contributed by atoms with Gasteiger partial charge in [0.2, 0.25) is 0 Å². The number of aromatic nitrogens is 3. The highest BCUT2D eigenvalue weighted by Crippen LogP contribution is 2.17. The van der Waals surface area contributed by atoms with Gasteiger partial charge in [0, 0.05) is 24.5 Å². The first-order valence-corrected chi connectivity index (χ1v) is 7.10. The molecule has 0 saturated carbocycles. The predicted molar refractivity (Wildman–Crippen MR) is 81.3 cm³/mol. The molecule has 2 rings (SSSR count). The molecule has 5 nitrogen and oxygen atoms in total. The molecule has 0 amide bonds. The molecular formula is C15H19F3N4O. The summed E-state index contributed by atoms with van der Waals surface area (Å²) < 4.78 is 39.7. The van der Waals surface area contributed by atoms with Crippen LogP contribution in [0.3, 0.4) is 0 Å². The molecule has 8 heteroatoms. The van der Waals surface area contributed by atoms with Crippen molar-refractivity contribution < 1.29 is 13.2 Å². The molecule has 0 fully saturated rings. The van der Waals surface area contributed by atoms with Gasteiger partial charge in [-0.1, -0.05) is 0 Å². The maximum atomic E-state index is 12.4. The summed E-state index contributed by atoms with van der Waals surface area (Å²) in [5, 5.41) is 7.10. The average molecular weight is 328 g/mol. The van der Waals surface area contributed by atoms with Crippen LogP contribution in [0.5, 0.6) is 0 Å². The van der Waals surface area contributed by atoms with E-state index in [-0.39, 0.29) is 11.2 Å². The van der Waals surface area contributed by atoms with Gasteiger partial charge in [0.05, 0.1) is 11.7 Å². The Labute approximate surface area is 131 Å². The number of hydrogen-bond acceptors (Lipinski definition) is 3. The molecule has 1 N–H and O–H groups in total. The molecule has 0 aliphatic rings. The Morgan fingerprint density at radius 3 is 2.52 bits per heavy atom. The Hall–Kier alpha value is -2.25. The van der Waals surface area contributed by atoms with Crippen molar-refractivity contribution in [2.24, 2.45) is 0 Å². The Bertz CT molecular complexity index is 725. The van der Waals surface area contributed by atoms with Crippen LogP contribution in [0.15, 0.2) is 35.5 Å². The Morgan fingerprint density at radius 1 is 1.26 bits per heavy atom. The number of nitrogens with one attached hydrogen (secondary N) is 1. The summed E-state index contributed by atoms with van der Waals surface area (Å²) in [6.45, 7) is 5.02. The van der Waals surface area contributed by atoms with E-state index in [2.05, 4.69) is 10.4 Å². The van der Waals surface area contributed by atoms with Crippen molar-refractivity contribution >= 4 is 5.69 Å². The fourth-order valence-corrected chi connectivity index (χ4v) is 2.00. The number of rotatable bonds is 4. The zero-order chi connectivity index (χ0) is 17.3. The largest absolute Gasteiger partial charge is 0.406 e. The van der Waals surface area contributed by atoms with Gasteiger partial charge >= 0.3 is 6.18 Å². The van der Waals surface area contributed by atoms with Crippen molar-refractivity contribution in [3.63, 3.8) is 0 Å². The second-order valence-corrected chi connectivity index (χ2v) is 6.29. The zero-order valence-electron chi connectivity index (χ0n) is 13.2. The van der Waals surface area contributed by atoms with Crippen molar-refractivity contribution in [3.8, 4) is 0 Å². The van der Waals surface area contributed by atoms with Gasteiger partial charge in [-0.15, -0.1) is 0 Å². The summed E-state index contributed by atoms with van der Waals surface area (Å²) in [7, 11) is 0. The first-order valence-electron chi connectivity index (χ1n) is 7.10. The molecule has 2 aromatic heterocycles. The topological polar surface area (TPSA) is 51.9 Å². The first-order chi connectivity index (χ1) is 10.6. The standard InChI is InChI=1S/C15H19F3N4O/c1-14(2,3)22-9-11(8-20-22)7-19-12-5-4-6-21(13(12)23)10-15(16,17)18/h4-6,8-9,19H,7,10H2,1-3H3. The highest BCUT2D eigenvalue weighted by atomic mass is 19.4. The third kappa shape index (κ3) is 4.61. The monoisotopic (exact) mass is 328 g/mol. The molecule has 0 aliphatic carbocycles. The van der Waals surface area contributed by atoms with E-state index in [1.807, 2.05) is 27.0 Å². The number of pyridine rings is 1. The van der Waals surface area contributed by atoms with Crippen LogP contribution >= 0.6 is 0 Å². The summed E-state index contributed by atoms with van der Waals surface area (Å²) in [6, 6.07) is 2.87. The van der Waals surface area contributed by atoms with Crippen LogP contribution in [0.25, 0.3) is 0 Å². The number of nitrogens with zero attached hydrogens (tertiary/aromatic N) is 3. The molecular weight excluding hydrogens is 309 g/mol. The highest BCUT2D eigenvalue weighted by Gasteiger charge is 2.28. The minimum Gasteiger partial charge on any atom is -0.376 e. The van der Waals surface area contributed by atoms with Crippen LogP contribution in [0.4, 0.5) is 18.9 Å². The fraction of sp³-hybridized carbons (Fsp3) is 0.467. The van der Waals surface area contributed by atoms with E-state index >= 15 is 0 Å². The van der Waals surface area contributed by atoms with Crippen molar-refractivity contribution in [2.75, 3.05) is 5.32 Å². The van der Waals surface area contributed by atoms with Gasteiger partial charge in [-0.05, 0) is 32.9 Å². The Kier molecular flexibility index (Phi) is 4.53. The van der Waals surface area contributed by atoms with Crippen LogP contribution in [-0.2, 0) is 18.6 Å². The molecule has 0 aromatic carbocycles. The molecule has 23 heavy (non-hydrogen) atoms. The van der Waals surface area contributed by atoms with E-state index in [0.717, 1.165) is 11.8 Å². The van der Waals surface area contributed by atoms with Crippen LogP contribution in [-0.4, -0.2) is 20.5 Å². The van der Waals surface area contributed by atoms with Gasteiger partial charge in [-0.3, -0.25) is 9.48 Å². The molecule has 126 valence electrons. The number of hydrogen-bond donors (Lipinski definition) is 1. The van der Waals surface area contributed by atoms with Gasteiger partial charge < -0.3 is 9.88 Å². The summed E-state index contributed by atoms with van der Waals surface area (Å²) in [5.74, 6) is 0.